The van der Waals surface area contributed by atoms with Gasteiger partial charge < -0.3 is 4.90 Å². The molecule has 1 N–H and O–H groups in total. The van der Waals surface area contributed by atoms with Gasteiger partial charge in [0.2, 0.25) is 5.91 Å². The fourth-order valence-corrected chi connectivity index (χ4v) is 4.20. The van der Waals surface area contributed by atoms with E-state index in [-0.39, 0.29) is 16.9 Å². The Morgan fingerprint density at radius 1 is 1.03 bits per heavy atom. The van der Waals surface area contributed by atoms with Crippen molar-refractivity contribution in [2.45, 2.75) is 57.5 Å². The van der Waals surface area contributed by atoms with Gasteiger partial charge in [-0.3, -0.25) is 15.1 Å². The molecule has 2 aliphatic heterocycles. The summed E-state index contributed by atoms with van der Waals surface area (Å²) in [6.07, 6.45) is 5.19. The van der Waals surface area contributed by atoms with Gasteiger partial charge in [0.15, 0.2) is 0 Å². The van der Waals surface area contributed by atoms with Crippen molar-refractivity contribution in [3.05, 3.63) is 77.4 Å². The van der Waals surface area contributed by atoms with Gasteiger partial charge in [-0.2, -0.15) is 0 Å². The van der Waals surface area contributed by atoms with Crippen LogP contribution in [0.3, 0.4) is 0 Å². The third-order valence-electron chi connectivity index (χ3n) is 6.27. The smallest absolute Gasteiger partial charge is 0.222 e. The second kappa shape index (κ2) is 8.27. The number of rotatable bonds is 4. The van der Waals surface area contributed by atoms with E-state index in [0.717, 1.165) is 43.6 Å². The zero-order chi connectivity index (χ0) is 21.2. The number of hydrogen-bond donors (Lipinski definition) is 1. The van der Waals surface area contributed by atoms with Gasteiger partial charge in [-0.05, 0) is 34.6 Å². The Morgan fingerprint density at radius 2 is 1.70 bits per heavy atom. The maximum atomic E-state index is 12.7. The van der Waals surface area contributed by atoms with Crippen LogP contribution >= 0.6 is 0 Å². The van der Waals surface area contributed by atoms with E-state index in [0.29, 0.717) is 6.42 Å². The molecule has 1 amide bonds. The van der Waals surface area contributed by atoms with Gasteiger partial charge in [-0.25, -0.2) is 0 Å². The lowest BCUT2D eigenvalue weighted by atomic mass is 9.86. The monoisotopic (exact) mass is 404 g/mol. The van der Waals surface area contributed by atoms with Crippen LogP contribution in [0.5, 0.6) is 0 Å². The third-order valence-corrected chi connectivity index (χ3v) is 6.27. The number of nitrogens with one attached hydrogen (secondary N) is 1. The molecule has 1 saturated heterocycles. The summed E-state index contributed by atoms with van der Waals surface area (Å²) in [5.41, 5.74) is 7.66. The van der Waals surface area contributed by atoms with Gasteiger partial charge in [0.25, 0.3) is 0 Å². The molecule has 2 heterocycles. The van der Waals surface area contributed by atoms with Gasteiger partial charge >= 0.3 is 0 Å². The molecule has 0 unspecified atom stereocenters. The highest BCUT2D eigenvalue weighted by Gasteiger charge is 2.39. The zero-order valence-corrected chi connectivity index (χ0v) is 18.3. The quantitative estimate of drug-likeness (QED) is 0.792. The third kappa shape index (κ3) is 4.59. The molecule has 1 fully saturated rings. The minimum absolute atomic E-state index is 0.157. The Hall–Kier alpha value is -2.59. The van der Waals surface area contributed by atoms with Crippen LogP contribution in [0.15, 0.2) is 60.7 Å². The molecule has 1 spiro atoms. The van der Waals surface area contributed by atoms with E-state index in [1.807, 2.05) is 23.1 Å². The van der Waals surface area contributed by atoms with Crippen molar-refractivity contribution < 1.29 is 9.63 Å². The molecule has 2 aromatic rings. The Kier molecular flexibility index (Phi) is 5.70. The summed E-state index contributed by atoms with van der Waals surface area (Å²) in [5, 5.41) is 0. The van der Waals surface area contributed by atoms with Crippen molar-refractivity contribution >= 4 is 11.6 Å². The largest absolute Gasteiger partial charge is 0.342 e. The minimum atomic E-state index is -0.301. The first kappa shape index (κ1) is 20.7. The van der Waals surface area contributed by atoms with E-state index >= 15 is 0 Å². The van der Waals surface area contributed by atoms with Crippen molar-refractivity contribution in [1.29, 1.82) is 0 Å². The molecule has 0 aromatic heterocycles. The van der Waals surface area contributed by atoms with Gasteiger partial charge in [0.1, 0.15) is 5.60 Å². The SMILES string of the molecule is CC(C)(C)c1ccc(CCC(=O)N2CCC3(C=C(c4ccccc4)NO3)CC2)cc1. The molecule has 0 bridgehead atoms. The Bertz CT molecular complexity index is 902. The summed E-state index contributed by atoms with van der Waals surface area (Å²) in [7, 11) is 0. The van der Waals surface area contributed by atoms with Crippen LogP contribution in [0, 0.1) is 0 Å². The van der Waals surface area contributed by atoms with E-state index in [2.05, 4.69) is 68.7 Å². The highest BCUT2D eigenvalue weighted by atomic mass is 16.7. The van der Waals surface area contributed by atoms with Gasteiger partial charge in [0.05, 0.1) is 5.70 Å². The van der Waals surface area contributed by atoms with Crippen LogP contribution in [0.2, 0.25) is 0 Å². The zero-order valence-electron chi connectivity index (χ0n) is 18.3. The number of nitrogens with zero attached hydrogens (tertiary/aromatic N) is 1. The molecule has 0 aliphatic carbocycles. The maximum Gasteiger partial charge on any atom is 0.222 e. The normalized spacial score (nSPS) is 18.2. The molecule has 30 heavy (non-hydrogen) atoms. The van der Waals surface area contributed by atoms with Crippen LogP contribution < -0.4 is 5.48 Å². The highest BCUT2D eigenvalue weighted by molar-refractivity contribution is 5.76. The van der Waals surface area contributed by atoms with Crippen molar-refractivity contribution in [3.63, 3.8) is 0 Å². The van der Waals surface area contributed by atoms with Crippen molar-refractivity contribution in [2.75, 3.05) is 13.1 Å². The molecular weight excluding hydrogens is 372 g/mol. The number of hydrogen-bond acceptors (Lipinski definition) is 3. The van der Waals surface area contributed by atoms with Crippen molar-refractivity contribution in [2.24, 2.45) is 0 Å². The second-order valence-corrected chi connectivity index (χ2v) is 9.52. The summed E-state index contributed by atoms with van der Waals surface area (Å²) < 4.78 is 0. The lowest BCUT2D eigenvalue weighted by Gasteiger charge is -2.36. The first-order valence-corrected chi connectivity index (χ1v) is 10.9. The Balaban J connectivity index is 1.29. The van der Waals surface area contributed by atoms with E-state index in [1.54, 1.807) is 0 Å². The maximum absolute atomic E-state index is 12.7. The molecule has 0 saturated carbocycles. The number of amides is 1. The number of likely N-dealkylation sites (tertiary alicyclic amines) is 1. The number of carbonyl (C=O) groups is 1. The lowest BCUT2D eigenvalue weighted by Crippen LogP contribution is -2.46. The molecule has 2 aliphatic rings. The summed E-state index contributed by atoms with van der Waals surface area (Å²) in [6.45, 7) is 8.13. The van der Waals surface area contributed by atoms with Gasteiger partial charge in [-0.1, -0.05) is 75.4 Å². The van der Waals surface area contributed by atoms with Crippen molar-refractivity contribution in [1.82, 2.24) is 10.4 Å². The molecule has 4 rings (SSSR count). The first-order chi connectivity index (χ1) is 14.3. The van der Waals surface area contributed by atoms with Crippen LogP contribution in [0.1, 0.15) is 56.7 Å². The van der Waals surface area contributed by atoms with Gasteiger partial charge in [0, 0.05) is 32.4 Å². The van der Waals surface area contributed by atoms with E-state index < -0.39 is 0 Å². The molecule has 158 valence electrons. The van der Waals surface area contributed by atoms with E-state index in [4.69, 9.17) is 4.84 Å². The molecule has 0 radical (unpaired) electrons. The fourth-order valence-electron chi connectivity index (χ4n) is 4.20. The summed E-state index contributed by atoms with van der Waals surface area (Å²) in [4.78, 5) is 20.7. The first-order valence-electron chi connectivity index (χ1n) is 10.9. The van der Waals surface area contributed by atoms with Crippen LogP contribution in [-0.2, 0) is 21.5 Å². The average molecular weight is 405 g/mol. The fraction of sp³-hybridized carbons (Fsp3) is 0.423. The lowest BCUT2D eigenvalue weighted by molar-refractivity contribution is -0.136. The summed E-state index contributed by atoms with van der Waals surface area (Å²) in [6, 6.07) is 18.9. The topological polar surface area (TPSA) is 41.6 Å². The molecule has 0 atom stereocenters. The van der Waals surface area contributed by atoms with Crippen LogP contribution in [0.25, 0.3) is 5.70 Å². The second-order valence-electron chi connectivity index (χ2n) is 9.52. The summed E-state index contributed by atoms with van der Waals surface area (Å²) >= 11 is 0. The minimum Gasteiger partial charge on any atom is -0.342 e. The molecule has 4 nitrogen and oxygen atoms in total. The Morgan fingerprint density at radius 3 is 2.33 bits per heavy atom. The predicted octanol–water partition coefficient (Wildman–Crippen LogP) is 4.85. The van der Waals surface area contributed by atoms with Gasteiger partial charge in [-0.15, -0.1) is 0 Å². The highest BCUT2D eigenvalue weighted by Crippen LogP contribution is 2.34. The van der Waals surface area contributed by atoms with Crippen LogP contribution in [-0.4, -0.2) is 29.5 Å². The Labute approximate surface area is 179 Å². The molecular formula is C26H32N2O2. The standard InChI is InChI=1S/C26H32N2O2/c1-25(2,3)22-12-9-20(10-13-22)11-14-24(29)28-17-15-26(16-18-28)19-23(27-30-26)21-7-5-4-6-8-21/h4-10,12-13,19,27H,11,14-18H2,1-3H3. The number of aryl methyl sites for hydroxylation is 1. The molecule has 2 aromatic carbocycles. The predicted molar refractivity (Wildman–Crippen MR) is 121 cm³/mol. The number of piperidine rings is 1. The van der Waals surface area contributed by atoms with E-state index in [9.17, 15) is 4.79 Å². The number of benzene rings is 2. The van der Waals surface area contributed by atoms with Crippen LogP contribution in [0.4, 0.5) is 0 Å². The number of carbonyl (C=O) groups excluding carboxylic acids is 1. The summed E-state index contributed by atoms with van der Waals surface area (Å²) in [5.74, 6) is 0.239. The average Bonchev–Trinajstić information content (AvgIpc) is 3.16. The van der Waals surface area contributed by atoms with E-state index in [1.165, 1.54) is 11.1 Å². The van der Waals surface area contributed by atoms with Crippen molar-refractivity contribution in [3.8, 4) is 0 Å². The number of hydroxylamine groups is 1. The molecule has 4 heteroatoms.